The number of nitrogens with zero attached hydrogens (tertiary/aromatic N) is 3. The van der Waals surface area contributed by atoms with Crippen molar-refractivity contribution < 1.29 is 9.21 Å². The van der Waals surface area contributed by atoms with E-state index in [-0.39, 0.29) is 5.91 Å². The number of hydrogen-bond donors (Lipinski definition) is 0. The van der Waals surface area contributed by atoms with Gasteiger partial charge in [0, 0.05) is 31.3 Å². The van der Waals surface area contributed by atoms with Crippen LogP contribution in [0.25, 0.3) is 0 Å². The minimum Gasteiger partial charge on any atom is -0.445 e. The molecule has 0 saturated heterocycles. The molecule has 29 heavy (non-hydrogen) atoms. The van der Waals surface area contributed by atoms with E-state index in [4.69, 9.17) is 4.42 Å². The lowest BCUT2D eigenvalue weighted by Crippen LogP contribution is -2.36. The summed E-state index contributed by atoms with van der Waals surface area (Å²) in [6.45, 7) is 1.18. The van der Waals surface area contributed by atoms with Crippen molar-refractivity contribution in [2.45, 2.75) is 51.5 Å². The molecular formula is C24H25N3O2. The Hall–Kier alpha value is -2.95. The number of benzene rings is 1. The Morgan fingerprint density at radius 3 is 2.79 bits per heavy atom. The van der Waals surface area contributed by atoms with Gasteiger partial charge in [0.1, 0.15) is 11.5 Å². The van der Waals surface area contributed by atoms with E-state index in [2.05, 4.69) is 34.2 Å². The molecule has 1 amide bonds. The van der Waals surface area contributed by atoms with Crippen molar-refractivity contribution in [1.82, 2.24) is 14.9 Å². The normalized spacial score (nSPS) is 15.7. The van der Waals surface area contributed by atoms with Gasteiger partial charge in [0.2, 0.25) is 0 Å². The Morgan fingerprint density at radius 2 is 1.90 bits per heavy atom. The standard InChI is InChI=1S/C24H25N3O2/c28-24(19-14-18-8-4-5-9-20(18)25-15-19)27-13-12-22-21(16-27)26-23(29-22)11-10-17-6-2-1-3-7-17/h1-3,6-7,14-15H,4-5,8-13,16H2. The van der Waals surface area contributed by atoms with Crippen LogP contribution in [0.5, 0.6) is 0 Å². The van der Waals surface area contributed by atoms with Crippen LogP contribution in [0, 0.1) is 0 Å². The summed E-state index contributed by atoms with van der Waals surface area (Å²) >= 11 is 0. The maximum absolute atomic E-state index is 13.0. The van der Waals surface area contributed by atoms with E-state index in [1.165, 1.54) is 24.0 Å². The predicted octanol–water partition coefficient (Wildman–Crippen LogP) is 3.93. The minimum absolute atomic E-state index is 0.0466. The molecule has 1 aliphatic carbocycles. The second-order valence-corrected chi connectivity index (χ2v) is 7.98. The van der Waals surface area contributed by atoms with E-state index >= 15 is 0 Å². The number of carbonyl (C=O) groups excluding carboxylic acids is 1. The third-order valence-electron chi connectivity index (χ3n) is 5.95. The smallest absolute Gasteiger partial charge is 0.255 e. The lowest BCUT2D eigenvalue weighted by molar-refractivity contribution is 0.0727. The zero-order chi connectivity index (χ0) is 19.6. The molecule has 0 spiro atoms. The van der Waals surface area contributed by atoms with Crippen LogP contribution in [0.1, 0.15) is 57.4 Å². The van der Waals surface area contributed by atoms with Gasteiger partial charge in [0.15, 0.2) is 5.89 Å². The first-order chi connectivity index (χ1) is 14.3. The molecule has 0 N–H and O–H groups in total. The number of rotatable bonds is 4. The molecule has 0 bridgehead atoms. The highest BCUT2D eigenvalue weighted by Gasteiger charge is 2.27. The molecule has 5 nitrogen and oxygen atoms in total. The summed E-state index contributed by atoms with van der Waals surface area (Å²) in [6, 6.07) is 12.4. The Labute approximate surface area is 170 Å². The van der Waals surface area contributed by atoms with Gasteiger partial charge >= 0.3 is 0 Å². The summed E-state index contributed by atoms with van der Waals surface area (Å²) < 4.78 is 5.97. The van der Waals surface area contributed by atoms with Gasteiger partial charge < -0.3 is 9.32 Å². The highest BCUT2D eigenvalue weighted by atomic mass is 16.4. The van der Waals surface area contributed by atoms with Crippen LogP contribution in [-0.4, -0.2) is 27.3 Å². The van der Waals surface area contributed by atoms with E-state index in [0.29, 0.717) is 18.7 Å². The number of hydrogen-bond acceptors (Lipinski definition) is 4. The van der Waals surface area contributed by atoms with Gasteiger partial charge in [-0.2, -0.15) is 0 Å². The van der Waals surface area contributed by atoms with Gasteiger partial charge in [0.05, 0.1) is 12.1 Å². The van der Waals surface area contributed by atoms with Crippen molar-refractivity contribution in [3.63, 3.8) is 0 Å². The number of carbonyl (C=O) groups is 1. The van der Waals surface area contributed by atoms with Crippen LogP contribution < -0.4 is 0 Å². The molecule has 5 rings (SSSR count). The van der Waals surface area contributed by atoms with Crippen molar-refractivity contribution in [1.29, 1.82) is 0 Å². The van der Waals surface area contributed by atoms with E-state index in [9.17, 15) is 4.79 Å². The summed E-state index contributed by atoms with van der Waals surface area (Å²) in [6.07, 6.45) is 8.59. The van der Waals surface area contributed by atoms with Crippen molar-refractivity contribution >= 4 is 5.91 Å². The number of pyridine rings is 1. The molecule has 1 aromatic carbocycles. The van der Waals surface area contributed by atoms with Crippen molar-refractivity contribution in [2.75, 3.05) is 6.54 Å². The van der Waals surface area contributed by atoms with Gasteiger partial charge in [-0.3, -0.25) is 9.78 Å². The third kappa shape index (κ3) is 3.82. The topological polar surface area (TPSA) is 59.2 Å². The van der Waals surface area contributed by atoms with Crippen molar-refractivity contribution in [3.05, 3.63) is 82.3 Å². The Kier molecular flexibility index (Phi) is 4.88. The monoisotopic (exact) mass is 387 g/mol. The number of fused-ring (bicyclic) bond motifs is 2. The summed E-state index contributed by atoms with van der Waals surface area (Å²) in [5.41, 5.74) is 5.28. The average Bonchev–Trinajstić information content (AvgIpc) is 3.20. The summed E-state index contributed by atoms with van der Waals surface area (Å²) in [7, 11) is 0. The zero-order valence-corrected chi connectivity index (χ0v) is 16.6. The number of aromatic nitrogens is 2. The van der Waals surface area contributed by atoms with Crippen LogP contribution in [0.2, 0.25) is 0 Å². The molecule has 0 saturated carbocycles. The molecule has 0 unspecified atom stereocenters. The van der Waals surface area contributed by atoms with E-state index in [1.54, 1.807) is 6.20 Å². The molecule has 2 aromatic heterocycles. The van der Waals surface area contributed by atoms with Crippen LogP contribution in [-0.2, 0) is 38.6 Å². The fraction of sp³-hybridized carbons (Fsp3) is 0.375. The van der Waals surface area contributed by atoms with Gasteiger partial charge in [-0.05, 0) is 49.3 Å². The maximum Gasteiger partial charge on any atom is 0.255 e. The highest BCUT2D eigenvalue weighted by Crippen LogP contribution is 2.24. The maximum atomic E-state index is 13.0. The molecule has 0 atom stereocenters. The fourth-order valence-electron chi connectivity index (χ4n) is 4.32. The summed E-state index contributed by atoms with van der Waals surface area (Å²) in [5.74, 6) is 1.75. The Bertz CT molecular complexity index is 1030. The van der Waals surface area contributed by atoms with Gasteiger partial charge in [-0.15, -0.1) is 0 Å². The van der Waals surface area contributed by atoms with E-state index in [1.807, 2.05) is 17.0 Å². The quantitative estimate of drug-likeness (QED) is 0.681. The number of aryl methyl sites for hydroxylation is 4. The summed E-state index contributed by atoms with van der Waals surface area (Å²) in [4.78, 5) is 24.2. The van der Waals surface area contributed by atoms with Crippen molar-refractivity contribution in [3.8, 4) is 0 Å². The minimum atomic E-state index is 0.0466. The van der Waals surface area contributed by atoms with Crippen LogP contribution in [0.4, 0.5) is 0 Å². The SMILES string of the molecule is O=C(c1cnc2c(c1)CCCC2)N1CCc2oc(CCc3ccccc3)nc2C1. The molecule has 0 fully saturated rings. The molecule has 2 aliphatic rings. The van der Waals surface area contributed by atoms with E-state index in [0.717, 1.165) is 55.1 Å². The van der Waals surface area contributed by atoms with Gasteiger partial charge in [-0.25, -0.2) is 4.98 Å². The van der Waals surface area contributed by atoms with E-state index < -0.39 is 0 Å². The largest absolute Gasteiger partial charge is 0.445 e. The number of amides is 1. The molecule has 3 aromatic rings. The molecular weight excluding hydrogens is 362 g/mol. The lowest BCUT2D eigenvalue weighted by atomic mass is 9.95. The molecule has 3 heterocycles. The van der Waals surface area contributed by atoms with Crippen LogP contribution in [0.3, 0.4) is 0 Å². The Morgan fingerprint density at radius 1 is 1.03 bits per heavy atom. The van der Waals surface area contributed by atoms with Gasteiger partial charge in [0.25, 0.3) is 5.91 Å². The third-order valence-corrected chi connectivity index (χ3v) is 5.95. The first-order valence-corrected chi connectivity index (χ1v) is 10.5. The van der Waals surface area contributed by atoms with Crippen molar-refractivity contribution in [2.24, 2.45) is 0 Å². The second-order valence-electron chi connectivity index (χ2n) is 7.98. The van der Waals surface area contributed by atoms with Gasteiger partial charge in [-0.1, -0.05) is 30.3 Å². The first kappa shape index (κ1) is 18.1. The molecule has 0 radical (unpaired) electrons. The second kappa shape index (κ2) is 7.82. The fourth-order valence-corrected chi connectivity index (χ4v) is 4.32. The predicted molar refractivity (Wildman–Crippen MR) is 110 cm³/mol. The first-order valence-electron chi connectivity index (χ1n) is 10.5. The Balaban J connectivity index is 1.27. The highest BCUT2D eigenvalue weighted by molar-refractivity contribution is 5.94. The zero-order valence-electron chi connectivity index (χ0n) is 16.6. The molecule has 1 aliphatic heterocycles. The number of oxazole rings is 1. The lowest BCUT2D eigenvalue weighted by Gasteiger charge is -2.26. The molecule has 148 valence electrons. The van der Waals surface area contributed by atoms with Crippen LogP contribution in [0.15, 0.2) is 47.0 Å². The average molecular weight is 387 g/mol. The van der Waals surface area contributed by atoms with Crippen LogP contribution >= 0.6 is 0 Å². The molecule has 5 heteroatoms. The summed E-state index contributed by atoms with van der Waals surface area (Å²) in [5, 5.41) is 0.